The van der Waals surface area contributed by atoms with Crippen LogP contribution in [0.15, 0.2) is 28.7 Å². The number of hydrogen-bond donors (Lipinski definition) is 0. The van der Waals surface area contributed by atoms with Crippen LogP contribution in [-0.4, -0.2) is 54.4 Å². The Morgan fingerprint density at radius 1 is 1.14 bits per heavy atom. The Bertz CT molecular complexity index is 521. The highest BCUT2D eigenvalue weighted by molar-refractivity contribution is 9.10. The van der Waals surface area contributed by atoms with Gasteiger partial charge in [0.2, 0.25) is 0 Å². The van der Waals surface area contributed by atoms with Crippen molar-refractivity contribution >= 4 is 27.7 Å². The number of piperazine rings is 1. The molecule has 1 aromatic carbocycles. The zero-order valence-electron chi connectivity index (χ0n) is 12.0. The van der Waals surface area contributed by atoms with Crippen LogP contribution in [0.4, 0.5) is 0 Å². The molecule has 5 nitrogen and oxygen atoms in total. The van der Waals surface area contributed by atoms with E-state index in [4.69, 9.17) is 4.74 Å². The highest BCUT2D eigenvalue weighted by atomic mass is 79.9. The summed E-state index contributed by atoms with van der Waals surface area (Å²) in [5.41, 5.74) is 0. The molecule has 0 radical (unpaired) electrons. The Morgan fingerprint density at radius 2 is 1.81 bits per heavy atom. The summed E-state index contributed by atoms with van der Waals surface area (Å²) >= 11 is 3.37. The minimum absolute atomic E-state index is 0.378. The van der Waals surface area contributed by atoms with Crippen molar-refractivity contribution in [1.82, 2.24) is 9.80 Å². The Balaban J connectivity index is 1.81. The Labute approximate surface area is 133 Å². The molecule has 114 valence electrons. The maximum atomic E-state index is 12.0. The number of benzene rings is 1. The molecular formula is C15H19BrN2O3. The molecule has 1 saturated heterocycles. The molecule has 0 spiro atoms. The molecule has 1 aliphatic heterocycles. The predicted octanol–water partition coefficient (Wildman–Crippen LogP) is 1.91. The summed E-state index contributed by atoms with van der Waals surface area (Å²) in [6.45, 7) is 4.63. The fraction of sp³-hybridized carbons (Fsp3) is 0.467. The predicted molar refractivity (Wildman–Crippen MR) is 83.1 cm³/mol. The molecule has 0 N–H and O–H groups in total. The zero-order chi connectivity index (χ0) is 15.2. The van der Waals surface area contributed by atoms with Gasteiger partial charge < -0.3 is 14.5 Å². The van der Waals surface area contributed by atoms with Gasteiger partial charge in [-0.2, -0.15) is 0 Å². The topological polar surface area (TPSA) is 49.9 Å². The van der Waals surface area contributed by atoms with Crippen LogP contribution in [0.25, 0.3) is 0 Å². The molecule has 21 heavy (non-hydrogen) atoms. The van der Waals surface area contributed by atoms with Crippen molar-refractivity contribution in [3.05, 3.63) is 28.7 Å². The van der Waals surface area contributed by atoms with E-state index >= 15 is 0 Å². The fourth-order valence-electron chi connectivity index (χ4n) is 2.24. The van der Waals surface area contributed by atoms with Crippen molar-refractivity contribution < 1.29 is 14.3 Å². The molecule has 1 fully saturated rings. The molecule has 0 atom stereocenters. The summed E-state index contributed by atoms with van der Waals surface area (Å²) in [4.78, 5) is 27.1. The van der Waals surface area contributed by atoms with Crippen molar-refractivity contribution in [3.63, 3.8) is 0 Å². The third-order valence-electron chi connectivity index (χ3n) is 3.32. The van der Waals surface area contributed by atoms with E-state index in [2.05, 4.69) is 15.9 Å². The van der Waals surface area contributed by atoms with E-state index in [9.17, 15) is 9.59 Å². The highest BCUT2D eigenvalue weighted by Gasteiger charge is 2.31. The number of carbonyl (C=O) groups is 2. The van der Waals surface area contributed by atoms with Crippen molar-refractivity contribution in [2.24, 2.45) is 0 Å². The molecule has 1 aliphatic rings. The van der Waals surface area contributed by atoms with Crippen LogP contribution >= 0.6 is 15.9 Å². The van der Waals surface area contributed by atoms with Crippen LogP contribution < -0.4 is 4.74 Å². The van der Waals surface area contributed by atoms with Gasteiger partial charge in [-0.25, -0.2) is 0 Å². The van der Waals surface area contributed by atoms with Crippen LogP contribution in [0.2, 0.25) is 0 Å². The van der Waals surface area contributed by atoms with Gasteiger partial charge in [-0.15, -0.1) is 0 Å². The number of ether oxygens (including phenoxy) is 1. The Kier molecular flexibility index (Phi) is 5.61. The van der Waals surface area contributed by atoms with E-state index in [0.717, 1.165) is 16.6 Å². The normalized spacial score (nSPS) is 15.5. The van der Waals surface area contributed by atoms with Crippen molar-refractivity contribution in [2.45, 2.75) is 13.3 Å². The van der Waals surface area contributed by atoms with Gasteiger partial charge >= 0.3 is 11.8 Å². The number of hydrogen-bond acceptors (Lipinski definition) is 3. The monoisotopic (exact) mass is 354 g/mol. The second-order valence-corrected chi connectivity index (χ2v) is 5.81. The zero-order valence-corrected chi connectivity index (χ0v) is 13.6. The fourth-order valence-corrected chi connectivity index (χ4v) is 2.62. The average Bonchev–Trinajstić information content (AvgIpc) is 2.47. The maximum absolute atomic E-state index is 12.0. The van der Waals surface area contributed by atoms with Crippen LogP contribution in [-0.2, 0) is 9.59 Å². The van der Waals surface area contributed by atoms with Gasteiger partial charge in [0.25, 0.3) is 0 Å². The van der Waals surface area contributed by atoms with Crippen molar-refractivity contribution in [1.29, 1.82) is 0 Å². The van der Waals surface area contributed by atoms with E-state index in [0.29, 0.717) is 32.8 Å². The quantitative estimate of drug-likeness (QED) is 0.733. The molecule has 1 heterocycles. The van der Waals surface area contributed by atoms with Crippen LogP contribution in [0.3, 0.4) is 0 Å². The van der Waals surface area contributed by atoms with Gasteiger partial charge in [0.05, 0.1) is 6.54 Å². The number of halogens is 1. The molecule has 0 bridgehead atoms. The number of rotatable bonds is 6. The van der Waals surface area contributed by atoms with Gasteiger partial charge in [-0.05, 0) is 24.6 Å². The molecular weight excluding hydrogens is 336 g/mol. The first-order valence-electron chi connectivity index (χ1n) is 7.08. The standard InChI is InChI=1S/C15H19BrN2O3/c1-2-6-17-7-8-18(15(20)14(17)19)9-10-21-13-5-3-4-12(16)11-13/h3-5,11H,2,6-10H2,1H3. The van der Waals surface area contributed by atoms with Crippen molar-refractivity contribution in [2.75, 3.05) is 32.8 Å². The molecule has 0 saturated carbocycles. The number of amides is 2. The molecule has 2 amide bonds. The third kappa shape index (κ3) is 4.20. The minimum Gasteiger partial charge on any atom is -0.492 e. The first-order chi connectivity index (χ1) is 10.1. The summed E-state index contributed by atoms with van der Waals surface area (Å²) in [7, 11) is 0. The Hall–Kier alpha value is -1.56. The van der Waals surface area contributed by atoms with E-state index < -0.39 is 11.8 Å². The third-order valence-corrected chi connectivity index (χ3v) is 3.81. The SMILES string of the molecule is CCCN1CCN(CCOc2cccc(Br)c2)C(=O)C1=O. The number of carbonyl (C=O) groups excluding carboxylic acids is 2. The summed E-state index contributed by atoms with van der Waals surface area (Å²) in [5, 5.41) is 0. The summed E-state index contributed by atoms with van der Waals surface area (Å²) < 4.78 is 6.54. The molecule has 0 unspecified atom stereocenters. The Morgan fingerprint density at radius 3 is 2.43 bits per heavy atom. The average molecular weight is 355 g/mol. The lowest BCUT2D eigenvalue weighted by atomic mass is 10.2. The maximum Gasteiger partial charge on any atom is 0.312 e. The lowest BCUT2D eigenvalue weighted by molar-refractivity contribution is -0.156. The van der Waals surface area contributed by atoms with E-state index in [1.807, 2.05) is 31.2 Å². The summed E-state index contributed by atoms with van der Waals surface area (Å²) in [6.07, 6.45) is 0.866. The number of nitrogens with zero attached hydrogens (tertiary/aromatic N) is 2. The molecule has 1 aromatic rings. The van der Waals surface area contributed by atoms with Crippen molar-refractivity contribution in [3.8, 4) is 5.75 Å². The van der Waals surface area contributed by atoms with E-state index in [1.54, 1.807) is 9.80 Å². The highest BCUT2D eigenvalue weighted by Crippen LogP contribution is 2.17. The van der Waals surface area contributed by atoms with Gasteiger partial charge in [-0.3, -0.25) is 9.59 Å². The van der Waals surface area contributed by atoms with Crippen LogP contribution in [0, 0.1) is 0 Å². The van der Waals surface area contributed by atoms with Gasteiger partial charge in [0.1, 0.15) is 12.4 Å². The van der Waals surface area contributed by atoms with Gasteiger partial charge in [0.15, 0.2) is 0 Å². The smallest absolute Gasteiger partial charge is 0.312 e. The largest absolute Gasteiger partial charge is 0.492 e. The lowest BCUT2D eigenvalue weighted by Gasteiger charge is -2.33. The first-order valence-corrected chi connectivity index (χ1v) is 7.87. The molecule has 6 heteroatoms. The first kappa shape index (κ1) is 15.8. The summed E-state index contributed by atoms with van der Waals surface area (Å²) in [5.74, 6) is -0.0779. The summed E-state index contributed by atoms with van der Waals surface area (Å²) in [6, 6.07) is 7.53. The van der Waals surface area contributed by atoms with Crippen LogP contribution in [0.1, 0.15) is 13.3 Å². The minimum atomic E-state index is -0.424. The second kappa shape index (κ2) is 7.45. The molecule has 2 rings (SSSR count). The van der Waals surface area contributed by atoms with Crippen LogP contribution in [0.5, 0.6) is 5.75 Å². The molecule has 0 aliphatic carbocycles. The van der Waals surface area contributed by atoms with E-state index in [1.165, 1.54) is 0 Å². The van der Waals surface area contributed by atoms with Gasteiger partial charge in [-0.1, -0.05) is 28.9 Å². The second-order valence-electron chi connectivity index (χ2n) is 4.89. The lowest BCUT2D eigenvalue weighted by Crippen LogP contribution is -2.55. The molecule has 0 aromatic heterocycles. The van der Waals surface area contributed by atoms with E-state index in [-0.39, 0.29) is 0 Å². The van der Waals surface area contributed by atoms with Gasteiger partial charge in [0, 0.05) is 24.1 Å².